The van der Waals surface area contributed by atoms with Gasteiger partial charge in [-0.3, -0.25) is 9.78 Å². The maximum Gasteiger partial charge on any atom is 0.260 e. The van der Waals surface area contributed by atoms with Gasteiger partial charge in [-0.15, -0.1) is 0 Å². The first-order chi connectivity index (χ1) is 11.7. The molecular formula is C17H11ClN4O2. The van der Waals surface area contributed by atoms with Crippen LogP contribution >= 0.6 is 11.6 Å². The van der Waals surface area contributed by atoms with Gasteiger partial charge in [0, 0.05) is 17.4 Å². The van der Waals surface area contributed by atoms with Gasteiger partial charge >= 0.3 is 0 Å². The standard InChI is InChI=1S/C17H11ClN4O2/c18-11-3-1-4-12(9-11)24-13-5-6-15-14(10-13)16(23)21-17(20-15)22-8-2-7-19-22/h1-10H,(H,20,21,23). The van der Waals surface area contributed by atoms with Gasteiger partial charge in [0.05, 0.1) is 10.9 Å². The summed E-state index contributed by atoms with van der Waals surface area (Å²) in [4.78, 5) is 19.5. The third-order valence-corrected chi connectivity index (χ3v) is 3.65. The lowest BCUT2D eigenvalue weighted by atomic mass is 10.2. The average Bonchev–Trinajstić information content (AvgIpc) is 3.10. The van der Waals surface area contributed by atoms with E-state index in [1.165, 1.54) is 4.68 Å². The number of rotatable bonds is 3. The van der Waals surface area contributed by atoms with Crippen LogP contribution in [0.4, 0.5) is 0 Å². The number of H-pyrrole nitrogens is 1. The number of nitrogens with one attached hydrogen (secondary N) is 1. The Morgan fingerprint density at radius 2 is 1.96 bits per heavy atom. The number of aromatic amines is 1. The Balaban J connectivity index is 1.75. The Bertz CT molecular complexity index is 1070. The Hall–Kier alpha value is -3.12. The number of halogens is 1. The van der Waals surface area contributed by atoms with E-state index in [1.54, 1.807) is 60.9 Å². The first-order valence-corrected chi connectivity index (χ1v) is 7.54. The van der Waals surface area contributed by atoms with Gasteiger partial charge in [0.2, 0.25) is 5.95 Å². The maximum atomic E-state index is 12.3. The fraction of sp³-hybridized carbons (Fsp3) is 0. The molecule has 2 aromatic carbocycles. The van der Waals surface area contributed by atoms with Crippen molar-refractivity contribution >= 4 is 22.5 Å². The molecule has 0 bridgehead atoms. The van der Waals surface area contributed by atoms with E-state index < -0.39 is 0 Å². The molecular weight excluding hydrogens is 328 g/mol. The van der Waals surface area contributed by atoms with E-state index in [0.717, 1.165) is 0 Å². The Morgan fingerprint density at radius 3 is 2.75 bits per heavy atom. The number of aromatic nitrogens is 4. The van der Waals surface area contributed by atoms with E-state index in [1.807, 2.05) is 0 Å². The van der Waals surface area contributed by atoms with E-state index >= 15 is 0 Å². The SMILES string of the molecule is O=c1[nH]c(-n2cccn2)nc2ccc(Oc3cccc(Cl)c3)cc12. The molecule has 0 fully saturated rings. The number of ether oxygens (including phenoxy) is 1. The van der Waals surface area contributed by atoms with E-state index in [2.05, 4.69) is 15.1 Å². The summed E-state index contributed by atoms with van der Waals surface area (Å²) < 4.78 is 7.24. The van der Waals surface area contributed by atoms with Crippen LogP contribution in [0.5, 0.6) is 11.5 Å². The highest BCUT2D eigenvalue weighted by atomic mass is 35.5. The van der Waals surface area contributed by atoms with Gasteiger partial charge in [-0.2, -0.15) is 5.10 Å². The second-order valence-corrected chi connectivity index (χ2v) is 5.51. The van der Waals surface area contributed by atoms with Crippen LogP contribution in [-0.4, -0.2) is 19.7 Å². The average molecular weight is 339 g/mol. The van der Waals surface area contributed by atoms with Crippen LogP contribution in [-0.2, 0) is 0 Å². The molecule has 0 saturated carbocycles. The highest BCUT2D eigenvalue weighted by Crippen LogP contribution is 2.25. The van der Waals surface area contributed by atoms with E-state index in [4.69, 9.17) is 16.3 Å². The molecule has 0 aliphatic carbocycles. The smallest absolute Gasteiger partial charge is 0.260 e. The van der Waals surface area contributed by atoms with Gasteiger partial charge in [-0.05, 0) is 42.5 Å². The van der Waals surface area contributed by atoms with Crippen LogP contribution in [0.3, 0.4) is 0 Å². The molecule has 0 aliphatic rings. The lowest BCUT2D eigenvalue weighted by molar-refractivity contribution is 0.483. The summed E-state index contributed by atoms with van der Waals surface area (Å²) in [6.07, 6.45) is 3.33. The molecule has 118 valence electrons. The summed E-state index contributed by atoms with van der Waals surface area (Å²) in [5.74, 6) is 1.49. The zero-order valence-corrected chi connectivity index (χ0v) is 13.1. The third kappa shape index (κ3) is 2.75. The summed E-state index contributed by atoms with van der Waals surface area (Å²) in [5.41, 5.74) is 0.296. The minimum absolute atomic E-state index is 0.262. The number of nitrogens with zero attached hydrogens (tertiary/aromatic N) is 3. The third-order valence-electron chi connectivity index (χ3n) is 3.42. The molecule has 1 N–H and O–H groups in total. The van der Waals surface area contributed by atoms with Gasteiger partial charge < -0.3 is 4.74 Å². The van der Waals surface area contributed by atoms with Gasteiger partial charge in [-0.1, -0.05) is 17.7 Å². The van der Waals surface area contributed by atoms with Crippen molar-refractivity contribution in [1.82, 2.24) is 19.7 Å². The summed E-state index contributed by atoms with van der Waals surface area (Å²) in [7, 11) is 0. The molecule has 24 heavy (non-hydrogen) atoms. The molecule has 0 saturated heterocycles. The predicted molar refractivity (Wildman–Crippen MR) is 91.0 cm³/mol. The topological polar surface area (TPSA) is 72.8 Å². The van der Waals surface area contributed by atoms with Crippen molar-refractivity contribution in [2.45, 2.75) is 0 Å². The molecule has 0 radical (unpaired) electrons. The molecule has 4 aromatic rings. The zero-order chi connectivity index (χ0) is 16.5. The fourth-order valence-corrected chi connectivity index (χ4v) is 2.52. The second-order valence-electron chi connectivity index (χ2n) is 5.08. The van der Waals surface area contributed by atoms with Crippen LogP contribution in [0.2, 0.25) is 5.02 Å². The largest absolute Gasteiger partial charge is 0.457 e. The van der Waals surface area contributed by atoms with Crippen molar-refractivity contribution in [1.29, 1.82) is 0 Å². The van der Waals surface area contributed by atoms with E-state index in [0.29, 0.717) is 33.4 Å². The Kier molecular flexibility index (Phi) is 3.51. The van der Waals surface area contributed by atoms with Crippen LogP contribution < -0.4 is 10.3 Å². The number of benzene rings is 2. The van der Waals surface area contributed by atoms with Crippen LogP contribution in [0, 0.1) is 0 Å². The molecule has 7 heteroatoms. The Morgan fingerprint density at radius 1 is 1.08 bits per heavy atom. The van der Waals surface area contributed by atoms with Crippen molar-refractivity contribution in [2.24, 2.45) is 0 Å². The van der Waals surface area contributed by atoms with Crippen LogP contribution in [0.15, 0.2) is 65.7 Å². The minimum Gasteiger partial charge on any atom is -0.457 e. The van der Waals surface area contributed by atoms with Crippen LogP contribution in [0.1, 0.15) is 0 Å². The predicted octanol–water partition coefficient (Wildman–Crippen LogP) is 3.55. The molecule has 2 heterocycles. The molecule has 0 unspecified atom stereocenters. The Labute approximate surface area is 141 Å². The van der Waals surface area contributed by atoms with Crippen molar-refractivity contribution in [3.05, 3.63) is 76.3 Å². The molecule has 0 atom stereocenters. The quantitative estimate of drug-likeness (QED) is 0.620. The number of hydrogen-bond acceptors (Lipinski definition) is 4. The van der Waals surface area contributed by atoms with Crippen molar-refractivity contribution in [3.63, 3.8) is 0 Å². The summed E-state index contributed by atoms with van der Waals surface area (Å²) in [5, 5.41) is 5.08. The lowest BCUT2D eigenvalue weighted by Crippen LogP contribution is -2.13. The maximum absolute atomic E-state index is 12.3. The lowest BCUT2D eigenvalue weighted by Gasteiger charge is -2.07. The normalized spacial score (nSPS) is 10.9. The van der Waals surface area contributed by atoms with Crippen LogP contribution in [0.25, 0.3) is 16.9 Å². The highest BCUT2D eigenvalue weighted by Gasteiger charge is 2.08. The molecule has 2 aromatic heterocycles. The van der Waals surface area contributed by atoms with Crippen molar-refractivity contribution < 1.29 is 4.74 Å². The summed E-state index contributed by atoms with van der Waals surface area (Å²) in [6.45, 7) is 0. The molecule has 0 aliphatic heterocycles. The van der Waals surface area contributed by atoms with E-state index in [-0.39, 0.29) is 5.56 Å². The van der Waals surface area contributed by atoms with Gasteiger partial charge in [0.1, 0.15) is 11.5 Å². The van der Waals surface area contributed by atoms with E-state index in [9.17, 15) is 4.79 Å². The van der Waals surface area contributed by atoms with Gasteiger partial charge in [0.25, 0.3) is 5.56 Å². The second kappa shape index (κ2) is 5.82. The molecule has 0 spiro atoms. The first-order valence-electron chi connectivity index (χ1n) is 7.16. The fourth-order valence-electron chi connectivity index (χ4n) is 2.34. The molecule has 0 amide bonds. The summed E-state index contributed by atoms with van der Waals surface area (Å²) >= 11 is 5.94. The molecule has 6 nitrogen and oxygen atoms in total. The van der Waals surface area contributed by atoms with Gasteiger partial charge in [-0.25, -0.2) is 9.67 Å². The zero-order valence-electron chi connectivity index (χ0n) is 12.3. The number of fused-ring (bicyclic) bond motifs is 1. The van der Waals surface area contributed by atoms with Crippen molar-refractivity contribution in [2.75, 3.05) is 0 Å². The first kappa shape index (κ1) is 14.5. The minimum atomic E-state index is -0.262. The molecule has 4 rings (SSSR count). The summed E-state index contributed by atoms with van der Waals surface area (Å²) in [6, 6.07) is 13.9. The monoisotopic (exact) mass is 338 g/mol. The van der Waals surface area contributed by atoms with Crippen molar-refractivity contribution in [3.8, 4) is 17.4 Å². The highest BCUT2D eigenvalue weighted by molar-refractivity contribution is 6.30. The number of hydrogen-bond donors (Lipinski definition) is 1. The van der Waals surface area contributed by atoms with Gasteiger partial charge in [0.15, 0.2) is 0 Å².